The number of carbonyl (C=O) groups excluding carboxylic acids is 2. The zero-order valence-electron chi connectivity index (χ0n) is 11.6. The summed E-state index contributed by atoms with van der Waals surface area (Å²) in [6.07, 6.45) is 0. The van der Waals surface area contributed by atoms with Crippen LogP contribution >= 0.6 is 0 Å². The quantitative estimate of drug-likeness (QED) is 0.843. The molecule has 21 heavy (non-hydrogen) atoms. The van der Waals surface area contributed by atoms with Gasteiger partial charge in [-0.3, -0.25) is 4.79 Å². The first-order valence-corrected chi connectivity index (χ1v) is 6.43. The molecule has 0 bridgehead atoms. The van der Waals surface area contributed by atoms with Gasteiger partial charge >= 0.3 is 5.97 Å². The van der Waals surface area contributed by atoms with E-state index in [0.29, 0.717) is 16.8 Å². The highest BCUT2D eigenvalue weighted by Crippen LogP contribution is 2.15. The van der Waals surface area contributed by atoms with Crippen molar-refractivity contribution in [2.24, 2.45) is 5.73 Å². The lowest BCUT2D eigenvalue weighted by Gasteiger charge is -2.09. The standard InChI is InChI=1S/C16H16N2O3/c1-21-16(20)11-6-4-7-13(9-11)18-15(19)14-8-3-2-5-12(14)10-17/h2-9H,10,17H2,1H3,(H,18,19). The van der Waals surface area contributed by atoms with Gasteiger partial charge in [-0.05, 0) is 29.8 Å². The Morgan fingerprint density at radius 1 is 1.14 bits per heavy atom. The van der Waals surface area contributed by atoms with E-state index in [1.807, 2.05) is 6.07 Å². The molecular formula is C16H16N2O3. The molecule has 0 fully saturated rings. The van der Waals surface area contributed by atoms with E-state index in [0.717, 1.165) is 5.56 Å². The second-order valence-corrected chi connectivity index (χ2v) is 4.39. The minimum atomic E-state index is -0.451. The number of anilines is 1. The number of benzene rings is 2. The zero-order valence-corrected chi connectivity index (χ0v) is 11.6. The number of hydrogen-bond acceptors (Lipinski definition) is 4. The van der Waals surface area contributed by atoms with Gasteiger partial charge < -0.3 is 15.8 Å². The van der Waals surface area contributed by atoms with Crippen LogP contribution in [0.5, 0.6) is 0 Å². The van der Waals surface area contributed by atoms with Crippen LogP contribution in [0.4, 0.5) is 5.69 Å². The Labute approximate surface area is 122 Å². The van der Waals surface area contributed by atoms with Crippen molar-refractivity contribution in [3.05, 3.63) is 65.2 Å². The molecule has 0 saturated carbocycles. The molecule has 0 aliphatic carbocycles. The molecular weight excluding hydrogens is 268 g/mol. The zero-order chi connectivity index (χ0) is 15.2. The van der Waals surface area contributed by atoms with Crippen molar-refractivity contribution in [2.45, 2.75) is 6.54 Å². The molecule has 0 aliphatic rings. The first-order chi connectivity index (χ1) is 10.2. The average molecular weight is 284 g/mol. The summed E-state index contributed by atoms with van der Waals surface area (Å²) >= 11 is 0. The van der Waals surface area contributed by atoms with E-state index in [1.54, 1.807) is 42.5 Å². The number of rotatable bonds is 4. The van der Waals surface area contributed by atoms with Crippen LogP contribution in [0.15, 0.2) is 48.5 Å². The molecule has 0 heterocycles. The van der Waals surface area contributed by atoms with Crippen LogP contribution in [0.3, 0.4) is 0 Å². The predicted octanol–water partition coefficient (Wildman–Crippen LogP) is 2.18. The van der Waals surface area contributed by atoms with Crippen molar-refractivity contribution in [3.8, 4) is 0 Å². The van der Waals surface area contributed by atoms with Gasteiger partial charge in [0.1, 0.15) is 0 Å². The molecule has 3 N–H and O–H groups in total. The molecule has 5 heteroatoms. The molecule has 0 spiro atoms. The third-order valence-electron chi connectivity index (χ3n) is 3.02. The highest BCUT2D eigenvalue weighted by atomic mass is 16.5. The second-order valence-electron chi connectivity index (χ2n) is 4.39. The van der Waals surface area contributed by atoms with Gasteiger partial charge in [0.05, 0.1) is 12.7 Å². The van der Waals surface area contributed by atoms with Gasteiger partial charge in [0.25, 0.3) is 5.91 Å². The summed E-state index contributed by atoms with van der Waals surface area (Å²) in [5.74, 6) is -0.716. The Balaban J connectivity index is 2.22. The predicted molar refractivity (Wildman–Crippen MR) is 80.1 cm³/mol. The molecule has 1 amide bonds. The van der Waals surface area contributed by atoms with E-state index in [2.05, 4.69) is 10.1 Å². The average Bonchev–Trinajstić information content (AvgIpc) is 2.54. The SMILES string of the molecule is COC(=O)c1cccc(NC(=O)c2ccccc2CN)c1. The summed E-state index contributed by atoms with van der Waals surface area (Å²) in [6, 6.07) is 13.7. The molecule has 0 atom stereocenters. The molecule has 0 aromatic heterocycles. The van der Waals surface area contributed by atoms with Gasteiger partial charge in [-0.15, -0.1) is 0 Å². The summed E-state index contributed by atoms with van der Waals surface area (Å²) in [6.45, 7) is 0.284. The molecule has 0 unspecified atom stereocenters. The molecule has 108 valence electrons. The number of methoxy groups -OCH3 is 1. The van der Waals surface area contributed by atoms with E-state index in [1.165, 1.54) is 7.11 Å². The number of carbonyl (C=O) groups is 2. The maximum atomic E-state index is 12.3. The van der Waals surface area contributed by atoms with Gasteiger partial charge in [0.2, 0.25) is 0 Å². The largest absolute Gasteiger partial charge is 0.465 e. The van der Waals surface area contributed by atoms with Crippen LogP contribution in [-0.4, -0.2) is 19.0 Å². The Kier molecular flexibility index (Phi) is 4.68. The first kappa shape index (κ1) is 14.7. The summed E-state index contributed by atoms with van der Waals surface area (Å²) in [5, 5.41) is 2.75. The Bertz CT molecular complexity index is 668. The summed E-state index contributed by atoms with van der Waals surface area (Å²) in [7, 11) is 1.31. The molecule has 2 aromatic rings. The van der Waals surface area contributed by atoms with Gasteiger partial charge in [-0.25, -0.2) is 4.79 Å². The number of nitrogens with one attached hydrogen (secondary N) is 1. The highest BCUT2D eigenvalue weighted by molar-refractivity contribution is 6.05. The molecule has 2 aromatic carbocycles. The minimum Gasteiger partial charge on any atom is -0.465 e. The minimum absolute atomic E-state index is 0.266. The smallest absolute Gasteiger partial charge is 0.337 e. The number of ether oxygens (including phenoxy) is 1. The van der Waals surface area contributed by atoms with Crippen molar-refractivity contribution in [1.82, 2.24) is 0 Å². The molecule has 0 saturated heterocycles. The van der Waals surface area contributed by atoms with Crippen molar-refractivity contribution < 1.29 is 14.3 Å². The van der Waals surface area contributed by atoms with E-state index >= 15 is 0 Å². The third kappa shape index (κ3) is 3.46. The molecule has 0 radical (unpaired) electrons. The third-order valence-corrected chi connectivity index (χ3v) is 3.02. The van der Waals surface area contributed by atoms with E-state index in [4.69, 9.17) is 5.73 Å². The lowest BCUT2D eigenvalue weighted by molar-refractivity contribution is 0.0600. The van der Waals surface area contributed by atoms with Crippen LogP contribution < -0.4 is 11.1 Å². The van der Waals surface area contributed by atoms with Crippen LogP contribution in [0.25, 0.3) is 0 Å². The number of hydrogen-bond donors (Lipinski definition) is 2. The maximum Gasteiger partial charge on any atom is 0.337 e. The second kappa shape index (κ2) is 6.67. The molecule has 5 nitrogen and oxygen atoms in total. The van der Waals surface area contributed by atoms with Crippen LogP contribution in [-0.2, 0) is 11.3 Å². The first-order valence-electron chi connectivity index (χ1n) is 6.43. The number of amides is 1. The van der Waals surface area contributed by atoms with Gasteiger partial charge in [-0.2, -0.15) is 0 Å². The van der Waals surface area contributed by atoms with Crippen molar-refractivity contribution in [3.63, 3.8) is 0 Å². The van der Waals surface area contributed by atoms with Crippen molar-refractivity contribution in [1.29, 1.82) is 0 Å². The van der Waals surface area contributed by atoms with Crippen LogP contribution in [0.2, 0.25) is 0 Å². The fourth-order valence-electron chi connectivity index (χ4n) is 1.96. The van der Waals surface area contributed by atoms with Crippen LogP contribution in [0.1, 0.15) is 26.3 Å². The van der Waals surface area contributed by atoms with Gasteiger partial charge in [-0.1, -0.05) is 24.3 Å². The Morgan fingerprint density at radius 2 is 1.90 bits per heavy atom. The van der Waals surface area contributed by atoms with Crippen molar-refractivity contribution in [2.75, 3.05) is 12.4 Å². The van der Waals surface area contributed by atoms with E-state index < -0.39 is 5.97 Å². The fourth-order valence-corrected chi connectivity index (χ4v) is 1.96. The Hall–Kier alpha value is -2.66. The summed E-state index contributed by atoms with van der Waals surface area (Å²) < 4.78 is 4.65. The number of esters is 1. The highest BCUT2D eigenvalue weighted by Gasteiger charge is 2.11. The monoisotopic (exact) mass is 284 g/mol. The lowest BCUT2D eigenvalue weighted by atomic mass is 10.1. The molecule has 2 rings (SSSR count). The molecule has 0 aliphatic heterocycles. The summed E-state index contributed by atoms with van der Waals surface area (Å²) in [4.78, 5) is 23.7. The van der Waals surface area contributed by atoms with Crippen LogP contribution in [0, 0.1) is 0 Å². The fraction of sp³-hybridized carbons (Fsp3) is 0.125. The number of nitrogens with two attached hydrogens (primary N) is 1. The lowest BCUT2D eigenvalue weighted by Crippen LogP contribution is -2.16. The summed E-state index contributed by atoms with van der Waals surface area (Å²) in [5.41, 5.74) is 7.80. The van der Waals surface area contributed by atoms with E-state index in [9.17, 15) is 9.59 Å². The Morgan fingerprint density at radius 3 is 2.62 bits per heavy atom. The maximum absolute atomic E-state index is 12.3. The topological polar surface area (TPSA) is 81.4 Å². The van der Waals surface area contributed by atoms with Gasteiger partial charge in [0.15, 0.2) is 0 Å². The normalized spacial score (nSPS) is 10.0. The van der Waals surface area contributed by atoms with E-state index in [-0.39, 0.29) is 12.5 Å². The van der Waals surface area contributed by atoms with Gasteiger partial charge in [0, 0.05) is 17.8 Å². The van der Waals surface area contributed by atoms with Crippen molar-refractivity contribution >= 4 is 17.6 Å².